The van der Waals surface area contributed by atoms with E-state index >= 15 is 0 Å². The SMILES string of the molecule is C[C@@H](NC(=O)[C@H](N)C(C)(C)C)c1ccc(Br)cc1. The number of halogens is 1. The second-order valence-electron chi connectivity index (χ2n) is 5.63. The van der Waals surface area contributed by atoms with E-state index in [1.807, 2.05) is 52.0 Å². The summed E-state index contributed by atoms with van der Waals surface area (Å²) >= 11 is 3.39. The van der Waals surface area contributed by atoms with Crippen LogP contribution in [-0.4, -0.2) is 11.9 Å². The fourth-order valence-corrected chi connectivity index (χ4v) is 1.80. The van der Waals surface area contributed by atoms with E-state index in [0.29, 0.717) is 0 Å². The van der Waals surface area contributed by atoms with Gasteiger partial charge >= 0.3 is 0 Å². The molecule has 0 aliphatic carbocycles. The van der Waals surface area contributed by atoms with Crippen LogP contribution in [0.1, 0.15) is 39.3 Å². The molecule has 2 atom stereocenters. The quantitative estimate of drug-likeness (QED) is 0.901. The summed E-state index contributed by atoms with van der Waals surface area (Å²) in [5.74, 6) is -0.113. The number of carbonyl (C=O) groups is 1. The standard InChI is InChI=1S/C14H21BrN2O/c1-9(10-5-7-11(15)8-6-10)17-13(18)12(16)14(2,3)4/h5-9,12H,16H2,1-4H3,(H,17,18)/t9-,12+/m1/s1. The van der Waals surface area contributed by atoms with E-state index in [1.165, 1.54) is 0 Å². The van der Waals surface area contributed by atoms with Crippen molar-refractivity contribution in [2.24, 2.45) is 11.1 Å². The predicted molar refractivity (Wildman–Crippen MR) is 78.1 cm³/mol. The Morgan fingerprint density at radius 2 is 1.78 bits per heavy atom. The van der Waals surface area contributed by atoms with Crippen molar-refractivity contribution in [2.75, 3.05) is 0 Å². The molecule has 0 aromatic heterocycles. The molecule has 0 unspecified atom stereocenters. The molecule has 100 valence electrons. The van der Waals surface area contributed by atoms with Gasteiger partial charge in [0.2, 0.25) is 5.91 Å². The summed E-state index contributed by atoms with van der Waals surface area (Å²) in [5, 5.41) is 2.94. The van der Waals surface area contributed by atoms with E-state index in [9.17, 15) is 4.79 Å². The Kier molecular flexibility index (Phi) is 4.93. The molecule has 0 aliphatic rings. The van der Waals surface area contributed by atoms with Crippen molar-refractivity contribution in [3.8, 4) is 0 Å². The van der Waals surface area contributed by atoms with Gasteiger partial charge in [0.25, 0.3) is 0 Å². The summed E-state index contributed by atoms with van der Waals surface area (Å²) in [5.41, 5.74) is 6.76. The van der Waals surface area contributed by atoms with Crippen molar-refractivity contribution in [3.63, 3.8) is 0 Å². The minimum atomic E-state index is -0.504. The Labute approximate surface area is 117 Å². The highest BCUT2D eigenvalue weighted by Crippen LogP contribution is 2.20. The molecule has 18 heavy (non-hydrogen) atoms. The Bertz CT molecular complexity index is 409. The van der Waals surface area contributed by atoms with Gasteiger partial charge in [-0.1, -0.05) is 48.8 Å². The lowest BCUT2D eigenvalue weighted by Crippen LogP contribution is -2.49. The minimum absolute atomic E-state index is 0.0426. The first-order valence-corrected chi connectivity index (χ1v) is 6.82. The molecular formula is C14H21BrN2O. The monoisotopic (exact) mass is 312 g/mol. The molecule has 0 bridgehead atoms. The molecule has 0 fully saturated rings. The molecule has 0 heterocycles. The number of amides is 1. The van der Waals surface area contributed by atoms with Crippen LogP contribution in [0.15, 0.2) is 28.7 Å². The lowest BCUT2D eigenvalue weighted by molar-refractivity contribution is -0.125. The third kappa shape index (κ3) is 4.10. The van der Waals surface area contributed by atoms with Crippen LogP contribution >= 0.6 is 15.9 Å². The summed E-state index contributed by atoms with van der Waals surface area (Å²) in [6.07, 6.45) is 0. The average molecular weight is 313 g/mol. The van der Waals surface area contributed by atoms with Gasteiger partial charge in [0, 0.05) is 4.47 Å². The first kappa shape index (κ1) is 15.2. The molecule has 3 N–H and O–H groups in total. The fraction of sp³-hybridized carbons (Fsp3) is 0.500. The molecule has 1 amide bonds. The van der Waals surface area contributed by atoms with Gasteiger partial charge in [0.1, 0.15) is 0 Å². The van der Waals surface area contributed by atoms with Gasteiger partial charge in [0.15, 0.2) is 0 Å². The van der Waals surface area contributed by atoms with Gasteiger partial charge in [-0.2, -0.15) is 0 Å². The summed E-state index contributed by atoms with van der Waals surface area (Å²) in [4.78, 5) is 12.0. The molecule has 1 aromatic rings. The lowest BCUT2D eigenvalue weighted by atomic mass is 9.86. The van der Waals surface area contributed by atoms with Crippen LogP contribution in [-0.2, 0) is 4.79 Å². The first-order valence-electron chi connectivity index (χ1n) is 6.03. The van der Waals surface area contributed by atoms with E-state index in [0.717, 1.165) is 10.0 Å². The average Bonchev–Trinajstić information content (AvgIpc) is 2.27. The molecule has 0 aliphatic heterocycles. The number of hydrogen-bond acceptors (Lipinski definition) is 2. The zero-order valence-electron chi connectivity index (χ0n) is 11.3. The fourth-order valence-electron chi connectivity index (χ4n) is 1.53. The van der Waals surface area contributed by atoms with Crippen molar-refractivity contribution in [3.05, 3.63) is 34.3 Å². The van der Waals surface area contributed by atoms with Gasteiger partial charge in [0.05, 0.1) is 12.1 Å². The Balaban J connectivity index is 2.68. The number of carbonyl (C=O) groups excluding carboxylic acids is 1. The van der Waals surface area contributed by atoms with Crippen molar-refractivity contribution >= 4 is 21.8 Å². The number of benzene rings is 1. The molecule has 3 nitrogen and oxygen atoms in total. The van der Waals surface area contributed by atoms with Crippen molar-refractivity contribution in [1.29, 1.82) is 0 Å². The number of nitrogens with two attached hydrogens (primary N) is 1. The van der Waals surface area contributed by atoms with Crippen LogP contribution < -0.4 is 11.1 Å². The molecule has 0 saturated heterocycles. The molecule has 4 heteroatoms. The molecule has 1 aromatic carbocycles. The summed E-state index contributed by atoms with van der Waals surface area (Å²) in [6, 6.07) is 7.34. The van der Waals surface area contributed by atoms with Gasteiger partial charge < -0.3 is 11.1 Å². The summed E-state index contributed by atoms with van der Waals surface area (Å²) < 4.78 is 1.02. The lowest BCUT2D eigenvalue weighted by Gasteiger charge is -2.27. The zero-order valence-corrected chi connectivity index (χ0v) is 12.9. The summed E-state index contributed by atoms with van der Waals surface area (Å²) in [7, 11) is 0. The van der Waals surface area contributed by atoms with Gasteiger partial charge in [-0.05, 0) is 30.0 Å². The summed E-state index contributed by atoms with van der Waals surface area (Å²) in [6.45, 7) is 7.83. The maximum absolute atomic E-state index is 12.0. The van der Waals surface area contributed by atoms with E-state index in [1.54, 1.807) is 0 Å². The van der Waals surface area contributed by atoms with Crippen molar-refractivity contribution in [1.82, 2.24) is 5.32 Å². The normalized spacial score (nSPS) is 15.0. The van der Waals surface area contributed by atoms with Crippen LogP contribution in [0.3, 0.4) is 0 Å². The molecule has 1 rings (SSSR count). The Morgan fingerprint density at radius 3 is 2.22 bits per heavy atom. The van der Waals surface area contributed by atoms with Crippen LogP contribution in [0, 0.1) is 5.41 Å². The van der Waals surface area contributed by atoms with Crippen molar-refractivity contribution in [2.45, 2.75) is 39.8 Å². The highest BCUT2D eigenvalue weighted by Gasteiger charge is 2.28. The van der Waals surface area contributed by atoms with Crippen LogP contribution in [0.4, 0.5) is 0 Å². The van der Waals surface area contributed by atoms with Crippen LogP contribution in [0.5, 0.6) is 0 Å². The maximum Gasteiger partial charge on any atom is 0.237 e. The van der Waals surface area contributed by atoms with Crippen molar-refractivity contribution < 1.29 is 4.79 Å². The number of nitrogens with one attached hydrogen (secondary N) is 1. The third-order valence-corrected chi connectivity index (χ3v) is 3.47. The van der Waals surface area contributed by atoms with Crippen LogP contribution in [0.2, 0.25) is 0 Å². The Morgan fingerprint density at radius 1 is 1.28 bits per heavy atom. The largest absolute Gasteiger partial charge is 0.348 e. The Hall–Kier alpha value is -0.870. The first-order chi connectivity index (χ1) is 8.21. The van der Waals surface area contributed by atoms with Gasteiger partial charge in [-0.15, -0.1) is 0 Å². The minimum Gasteiger partial charge on any atom is -0.348 e. The molecule has 0 spiro atoms. The van der Waals surface area contributed by atoms with E-state index in [-0.39, 0.29) is 17.4 Å². The van der Waals surface area contributed by atoms with E-state index in [2.05, 4.69) is 21.2 Å². The second-order valence-corrected chi connectivity index (χ2v) is 6.54. The van der Waals surface area contributed by atoms with E-state index < -0.39 is 6.04 Å². The molecular weight excluding hydrogens is 292 g/mol. The highest BCUT2D eigenvalue weighted by molar-refractivity contribution is 9.10. The smallest absolute Gasteiger partial charge is 0.237 e. The topological polar surface area (TPSA) is 55.1 Å². The molecule has 0 saturated carbocycles. The van der Waals surface area contributed by atoms with Crippen LogP contribution in [0.25, 0.3) is 0 Å². The molecule has 0 radical (unpaired) electrons. The number of rotatable bonds is 3. The maximum atomic E-state index is 12.0. The number of hydrogen-bond donors (Lipinski definition) is 2. The zero-order chi connectivity index (χ0) is 13.9. The van der Waals surface area contributed by atoms with Gasteiger partial charge in [-0.3, -0.25) is 4.79 Å². The predicted octanol–water partition coefficient (Wildman–Crippen LogP) is 3.00. The second kappa shape index (κ2) is 5.85. The van der Waals surface area contributed by atoms with E-state index in [4.69, 9.17) is 5.73 Å². The third-order valence-electron chi connectivity index (χ3n) is 2.94. The highest BCUT2D eigenvalue weighted by atomic mass is 79.9. The van der Waals surface area contributed by atoms with Gasteiger partial charge in [-0.25, -0.2) is 0 Å².